The van der Waals surface area contributed by atoms with Crippen molar-refractivity contribution in [3.05, 3.63) is 94.8 Å². The van der Waals surface area contributed by atoms with Crippen molar-refractivity contribution >= 4 is 11.9 Å². The first-order valence-corrected chi connectivity index (χ1v) is 9.25. The van der Waals surface area contributed by atoms with Crippen LogP contribution in [0.3, 0.4) is 0 Å². The average molecular weight is 391 g/mol. The first-order chi connectivity index (χ1) is 14.0. The van der Waals surface area contributed by atoms with Crippen LogP contribution in [0.15, 0.2) is 71.7 Å². The first-order valence-electron chi connectivity index (χ1n) is 9.25. The molecule has 0 aromatic heterocycles. The van der Waals surface area contributed by atoms with E-state index in [0.29, 0.717) is 23.2 Å². The second kappa shape index (κ2) is 7.93. The number of hydrogen-bond acceptors (Lipinski definition) is 3. The van der Waals surface area contributed by atoms with Crippen LogP contribution in [0.4, 0.5) is 8.78 Å². The third kappa shape index (κ3) is 3.93. The van der Waals surface area contributed by atoms with Gasteiger partial charge in [0.2, 0.25) is 5.97 Å². The van der Waals surface area contributed by atoms with E-state index in [9.17, 15) is 13.6 Å². The lowest BCUT2D eigenvalue weighted by molar-refractivity contribution is 0.0937. The van der Waals surface area contributed by atoms with E-state index in [1.54, 1.807) is 36.4 Å². The molecule has 1 atom stereocenters. The molecule has 0 aliphatic carbocycles. The molecular formula is C23H19F2N3O. The Morgan fingerprint density at radius 1 is 1.03 bits per heavy atom. The van der Waals surface area contributed by atoms with Crippen LogP contribution in [0.2, 0.25) is 0 Å². The monoisotopic (exact) mass is 391 g/mol. The molecule has 1 amide bonds. The minimum Gasteiger partial charge on any atom is -0.344 e. The minimum atomic E-state index is -0.507. The highest BCUT2D eigenvalue weighted by atomic mass is 19.1. The van der Waals surface area contributed by atoms with Gasteiger partial charge in [0, 0.05) is 17.7 Å². The molecule has 3 aromatic carbocycles. The molecule has 1 aliphatic rings. The molecule has 146 valence electrons. The molecule has 1 aliphatic heterocycles. The molecule has 3 N–H and O–H groups in total. The zero-order valence-electron chi connectivity index (χ0n) is 15.5. The molecule has 0 fully saturated rings. The largest absolute Gasteiger partial charge is 0.344 e. The van der Waals surface area contributed by atoms with Crippen LogP contribution in [0.1, 0.15) is 33.1 Å². The van der Waals surface area contributed by atoms with E-state index in [-0.39, 0.29) is 18.3 Å². The lowest BCUT2D eigenvalue weighted by Crippen LogP contribution is -2.33. The molecule has 3 aromatic rings. The van der Waals surface area contributed by atoms with Gasteiger partial charge in [0.05, 0.1) is 12.6 Å². The summed E-state index contributed by atoms with van der Waals surface area (Å²) in [6, 6.07) is 18.0. The van der Waals surface area contributed by atoms with Crippen molar-refractivity contribution in [2.75, 3.05) is 6.54 Å². The Kier molecular flexibility index (Phi) is 5.18. The zero-order chi connectivity index (χ0) is 20.4. The van der Waals surface area contributed by atoms with Crippen LogP contribution in [0.5, 0.6) is 0 Å². The molecule has 0 radical (unpaired) electrons. The summed E-state index contributed by atoms with van der Waals surface area (Å²) in [4.78, 5) is 16.6. The predicted octanol–water partition coefficient (Wildman–Crippen LogP) is 4.15. The lowest BCUT2D eigenvalue weighted by Gasteiger charge is -2.18. The molecule has 0 saturated carbocycles. The highest BCUT2D eigenvalue weighted by molar-refractivity contribution is 5.99. The fourth-order valence-corrected chi connectivity index (χ4v) is 3.41. The Bertz CT molecular complexity index is 1110. The standard InChI is InChI=1S/C23H19F2N3O/c24-19-6-2-4-16(10-19)21(12-26)28-23(29)17-5-1-3-14(9-17)15-7-8-18-13-27-22(25)20(18)11-15/h1-11,21H,12-13,26H2,(H,28,29). The van der Waals surface area contributed by atoms with Crippen LogP contribution < -0.4 is 11.1 Å². The maximum absolute atomic E-state index is 13.8. The van der Waals surface area contributed by atoms with E-state index >= 15 is 0 Å². The van der Waals surface area contributed by atoms with Gasteiger partial charge in [-0.05, 0) is 52.6 Å². The number of carbonyl (C=O) groups excluding carboxylic acids is 1. The quantitative estimate of drug-likeness (QED) is 0.686. The summed E-state index contributed by atoms with van der Waals surface area (Å²) >= 11 is 0. The number of amides is 1. The summed E-state index contributed by atoms with van der Waals surface area (Å²) < 4.78 is 27.3. The number of nitrogens with zero attached hydrogens (tertiary/aromatic N) is 1. The number of carbonyl (C=O) groups is 1. The summed E-state index contributed by atoms with van der Waals surface area (Å²) in [7, 11) is 0. The number of aliphatic imine (C=N–C) groups is 1. The van der Waals surface area contributed by atoms with Crippen molar-refractivity contribution in [1.82, 2.24) is 5.32 Å². The van der Waals surface area contributed by atoms with Crippen molar-refractivity contribution < 1.29 is 13.6 Å². The SMILES string of the molecule is NCC(NC(=O)c1cccc(-c2ccc3c(c2)C(F)=NC3)c1)c1cccc(F)c1. The highest BCUT2D eigenvalue weighted by Crippen LogP contribution is 2.27. The van der Waals surface area contributed by atoms with Crippen molar-refractivity contribution in [2.45, 2.75) is 12.6 Å². The zero-order valence-corrected chi connectivity index (χ0v) is 15.5. The highest BCUT2D eigenvalue weighted by Gasteiger charge is 2.18. The van der Waals surface area contributed by atoms with E-state index in [1.165, 1.54) is 12.1 Å². The fourth-order valence-electron chi connectivity index (χ4n) is 3.41. The molecule has 1 unspecified atom stereocenters. The van der Waals surface area contributed by atoms with Crippen LogP contribution in [0.25, 0.3) is 11.1 Å². The molecule has 0 spiro atoms. The van der Waals surface area contributed by atoms with Gasteiger partial charge in [-0.1, -0.05) is 36.4 Å². The normalized spacial score (nSPS) is 13.6. The molecular weight excluding hydrogens is 372 g/mol. The van der Waals surface area contributed by atoms with E-state index in [4.69, 9.17) is 5.73 Å². The maximum Gasteiger partial charge on any atom is 0.251 e. The second-order valence-corrected chi connectivity index (χ2v) is 6.88. The van der Waals surface area contributed by atoms with Gasteiger partial charge >= 0.3 is 0 Å². The van der Waals surface area contributed by atoms with Gasteiger partial charge in [-0.2, -0.15) is 4.39 Å². The molecule has 4 nitrogen and oxygen atoms in total. The summed E-state index contributed by atoms with van der Waals surface area (Å²) in [5.41, 5.74) is 9.75. The van der Waals surface area contributed by atoms with Crippen LogP contribution in [-0.4, -0.2) is 18.4 Å². The van der Waals surface area contributed by atoms with Crippen molar-refractivity contribution in [2.24, 2.45) is 10.7 Å². The summed E-state index contributed by atoms with van der Waals surface area (Å²) in [6.45, 7) is 0.489. The van der Waals surface area contributed by atoms with E-state index in [1.807, 2.05) is 18.2 Å². The molecule has 4 rings (SSSR count). The van der Waals surface area contributed by atoms with Crippen LogP contribution in [0, 0.1) is 5.82 Å². The maximum atomic E-state index is 13.8. The van der Waals surface area contributed by atoms with Gasteiger partial charge < -0.3 is 11.1 Å². The Labute approximate surface area is 167 Å². The molecule has 0 saturated heterocycles. The van der Waals surface area contributed by atoms with E-state index in [0.717, 1.165) is 16.7 Å². The predicted molar refractivity (Wildman–Crippen MR) is 109 cm³/mol. The van der Waals surface area contributed by atoms with Crippen molar-refractivity contribution in [1.29, 1.82) is 0 Å². The summed E-state index contributed by atoms with van der Waals surface area (Å²) in [6.07, 6.45) is 0. The lowest BCUT2D eigenvalue weighted by atomic mass is 9.98. The first kappa shape index (κ1) is 19.0. The van der Waals surface area contributed by atoms with Gasteiger partial charge in [-0.15, -0.1) is 0 Å². The minimum absolute atomic E-state index is 0.137. The van der Waals surface area contributed by atoms with Gasteiger partial charge in [0.25, 0.3) is 5.91 Å². The van der Waals surface area contributed by atoms with Crippen molar-refractivity contribution in [3.63, 3.8) is 0 Å². The van der Waals surface area contributed by atoms with Gasteiger partial charge in [0.1, 0.15) is 5.82 Å². The number of hydrogen-bond donors (Lipinski definition) is 2. The number of halogens is 2. The molecule has 29 heavy (non-hydrogen) atoms. The number of rotatable bonds is 5. The fraction of sp³-hybridized carbons (Fsp3) is 0.130. The Balaban J connectivity index is 1.58. The number of fused-ring (bicyclic) bond motifs is 1. The van der Waals surface area contributed by atoms with Crippen LogP contribution >= 0.6 is 0 Å². The number of nitrogens with two attached hydrogens (primary N) is 1. The second-order valence-electron chi connectivity index (χ2n) is 6.88. The summed E-state index contributed by atoms with van der Waals surface area (Å²) in [5.74, 6) is -1.17. The Hall–Kier alpha value is -3.38. The van der Waals surface area contributed by atoms with Gasteiger partial charge in [-0.3, -0.25) is 9.79 Å². The third-order valence-electron chi connectivity index (χ3n) is 4.97. The molecule has 0 bridgehead atoms. The Morgan fingerprint density at radius 2 is 1.83 bits per heavy atom. The number of benzene rings is 3. The van der Waals surface area contributed by atoms with Gasteiger partial charge in [-0.25, -0.2) is 4.39 Å². The van der Waals surface area contributed by atoms with Gasteiger partial charge in [0.15, 0.2) is 0 Å². The van der Waals surface area contributed by atoms with E-state index in [2.05, 4.69) is 10.3 Å². The molecule has 1 heterocycles. The van der Waals surface area contributed by atoms with Crippen LogP contribution in [-0.2, 0) is 6.54 Å². The topological polar surface area (TPSA) is 67.5 Å². The number of nitrogens with one attached hydrogen (secondary N) is 1. The van der Waals surface area contributed by atoms with E-state index < -0.39 is 12.0 Å². The van der Waals surface area contributed by atoms with Crippen molar-refractivity contribution in [3.8, 4) is 11.1 Å². The smallest absolute Gasteiger partial charge is 0.251 e. The Morgan fingerprint density at radius 3 is 2.62 bits per heavy atom. The molecule has 6 heteroatoms. The third-order valence-corrected chi connectivity index (χ3v) is 4.97. The average Bonchev–Trinajstić information content (AvgIpc) is 3.12. The summed E-state index contributed by atoms with van der Waals surface area (Å²) in [5, 5.41) is 2.84.